The van der Waals surface area contributed by atoms with Crippen LogP contribution >= 0.6 is 0 Å². The van der Waals surface area contributed by atoms with E-state index in [0.29, 0.717) is 0 Å². The first kappa shape index (κ1) is 23.0. The Morgan fingerprint density at radius 1 is 1.17 bits per heavy atom. The molecule has 0 aliphatic carbocycles. The lowest BCUT2D eigenvalue weighted by atomic mass is 10.1. The molecule has 0 spiro atoms. The molecule has 23 heavy (non-hydrogen) atoms. The minimum atomic E-state index is -4.08. The second kappa shape index (κ2) is 9.71. The molecule has 0 aliphatic heterocycles. The normalized spacial score (nSPS) is 12.0. The van der Waals surface area contributed by atoms with Gasteiger partial charge >= 0.3 is 5.97 Å². The molecule has 1 atom stereocenters. The number of carbonyl (C=O) groups is 3. The smallest absolute Gasteiger partial charge is 0.353 e. The summed E-state index contributed by atoms with van der Waals surface area (Å²) in [5.74, 6) is -3.24. The molecule has 1 unspecified atom stereocenters. The lowest BCUT2D eigenvalue weighted by Gasteiger charge is -2.23. The Kier molecular flexibility index (Phi) is 9.72. The number of carboxylic acid groups (broad SMARTS) is 1. The molecule has 132 valence electrons. The van der Waals surface area contributed by atoms with E-state index in [1.165, 1.54) is 13.8 Å². The summed E-state index contributed by atoms with van der Waals surface area (Å²) < 4.78 is 29.5. The number of amides is 2. The van der Waals surface area contributed by atoms with Crippen molar-refractivity contribution < 1.29 is 37.6 Å². The van der Waals surface area contributed by atoms with Gasteiger partial charge in [-0.25, -0.2) is 4.79 Å². The number of aliphatic hydroxyl groups excluding tert-OH is 1. The summed E-state index contributed by atoms with van der Waals surface area (Å²) in [5.41, 5.74) is -1.00. The van der Waals surface area contributed by atoms with Crippen molar-refractivity contribution in [1.29, 1.82) is 0 Å². The molecule has 2 amide bonds. The Morgan fingerprint density at radius 2 is 1.61 bits per heavy atom. The SMILES string of the molecule is C=CC(=O)NC(C)(C)CS(=O)(=O)O.C=CC(=O)NC(O)C(=O)O. The average Bonchev–Trinajstić information content (AvgIpc) is 2.35. The quantitative estimate of drug-likeness (QED) is 0.212. The molecule has 0 saturated carbocycles. The van der Waals surface area contributed by atoms with Gasteiger partial charge in [-0.2, -0.15) is 8.42 Å². The van der Waals surface area contributed by atoms with Gasteiger partial charge < -0.3 is 20.8 Å². The van der Waals surface area contributed by atoms with Gasteiger partial charge in [0.1, 0.15) is 0 Å². The maximum atomic E-state index is 10.8. The largest absolute Gasteiger partial charge is 0.478 e. The Morgan fingerprint density at radius 3 is 1.91 bits per heavy atom. The van der Waals surface area contributed by atoms with Crippen molar-refractivity contribution in [2.45, 2.75) is 25.6 Å². The first-order chi connectivity index (χ1) is 10.2. The fraction of sp³-hybridized carbons (Fsp3) is 0.417. The number of carbonyl (C=O) groups excluding carboxylic acids is 2. The van der Waals surface area contributed by atoms with E-state index in [1.54, 1.807) is 5.32 Å². The summed E-state index contributed by atoms with van der Waals surface area (Å²) in [5, 5.41) is 20.6. The number of nitrogens with one attached hydrogen (secondary N) is 2. The highest BCUT2D eigenvalue weighted by Crippen LogP contribution is 2.05. The molecule has 0 fully saturated rings. The van der Waals surface area contributed by atoms with Gasteiger partial charge in [-0.3, -0.25) is 14.1 Å². The molecule has 0 aromatic carbocycles. The number of rotatable bonds is 7. The minimum absolute atomic E-state index is 0.478. The van der Waals surface area contributed by atoms with Crippen molar-refractivity contribution in [2.24, 2.45) is 0 Å². The molecule has 11 heteroatoms. The van der Waals surface area contributed by atoms with Crippen LogP contribution in [0.4, 0.5) is 0 Å². The molecule has 5 N–H and O–H groups in total. The van der Waals surface area contributed by atoms with E-state index in [2.05, 4.69) is 18.5 Å². The number of carboxylic acids is 1. The monoisotopic (exact) mass is 352 g/mol. The molecule has 0 saturated heterocycles. The third kappa shape index (κ3) is 14.5. The zero-order chi connectivity index (χ0) is 18.8. The van der Waals surface area contributed by atoms with Crippen LogP contribution in [0.2, 0.25) is 0 Å². The predicted octanol–water partition coefficient (Wildman–Crippen LogP) is -1.35. The maximum Gasteiger partial charge on any atom is 0.353 e. The summed E-state index contributed by atoms with van der Waals surface area (Å²) in [6.07, 6.45) is 0.0447. The molecule has 0 aromatic heterocycles. The minimum Gasteiger partial charge on any atom is -0.478 e. The molecule has 0 aliphatic rings. The fourth-order valence-corrected chi connectivity index (χ4v) is 2.12. The van der Waals surface area contributed by atoms with Crippen LogP contribution in [0.25, 0.3) is 0 Å². The Labute approximate surface area is 133 Å². The van der Waals surface area contributed by atoms with E-state index < -0.39 is 45.4 Å². The van der Waals surface area contributed by atoms with Crippen LogP contribution in [-0.2, 0) is 24.5 Å². The van der Waals surface area contributed by atoms with Crippen molar-refractivity contribution in [3.63, 3.8) is 0 Å². The van der Waals surface area contributed by atoms with Crippen molar-refractivity contribution >= 4 is 27.9 Å². The van der Waals surface area contributed by atoms with Gasteiger partial charge in [0.05, 0.1) is 11.3 Å². The molecule has 0 rings (SSSR count). The fourth-order valence-electron chi connectivity index (χ4n) is 1.13. The summed E-state index contributed by atoms with van der Waals surface area (Å²) >= 11 is 0. The summed E-state index contributed by atoms with van der Waals surface area (Å²) in [4.78, 5) is 30.9. The lowest BCUT2D eigenvalue weighted by molar-refractivity contribution is -0.150. The maximum absolute atomic E-state index is 10.8. The van der Waals surface area contributed by atoms with Gasteiger partial charge in [0, 0.05) is 0 Å². The van der Waals surface area contributed by atoms with E-state index in [0.717, 1.165) is 12.2 Å². The van der Waals surface area contributed by atoms with Gasteiger partial charge in [-0.1, -0.05) is 13.2 Å². The second-order valence-corrected chi connectivity index (χ2v) is 6.21. The van der Waals surface area contributed by atoms with Crippen molar-refractivity contribution in [3.05, 3.63) is 25.3 Å². The highest BCUT2D eigenvalue weighted by Gasteiger charge is 2.25. The van der Waals surface area contributed by atoms with Gasteiger partial charge in [-0.05, 0) is 26.0 Å². The standard InChI is InChI=1S/C7H13NO4S.C5H7NO4/c1-4-6(9)8-7(2,3)5-13(10,11)12;1-2-3(7)6-4(8)5(9)10/h4H,1,5H2,2-3H3,(H,8,9)(H,10,11,12);2,4,8H,1H2,(H,6,7)(H,9,10). The highest BCUT2D eigenvalue weighted by atomic mass is 32.2. The number of aliphatic hydroxyl groups is 1. The van der Waals surface area contributed by atoms with Crippen LogP contribution in [0, 0.1) is 0 Å². The van der Waals surface area contributed by atoms with Gasteiger partial charge in [0.25, 0.3) is 10.1 Å². The predicted molar refractivity (Wildman–Crippen MR) is 80.8 cm³/mol. The van der Waals surface area contributed by atoms with Gasteiger partial charge in [-0.15, -0.1) is 0 Å². The van der Waals surface area contributed by atoms with E-state index >= 15 is 0 Å². The van der Waals surface area contributed by atoms with Crippen molar-refractivity contribution in [3.8, 4) is 0 Å². The van der Waals surface area contributed by atoms with Crippen LogP contribution < -0.4 is 10.6 Å². The third-order valence-corrected chi connectivity index (χ3v) is 2.98. The lowest BCUT2D eigenvalue weighted by Crippen LogP contribution is -2.47. The van der Waals surface area contributed by atoms with Crippen LogP contribution in [0.3, 0.4) is 0 Å². The van der Waals surface area contributed by atoms with E-state index in [1.807, 2.05) is 0 Å². The molecule has 0 heterocycles. The second-order valence-electron chi connectivity index (χ2n) is 4.76. The third-order valence-electron chi connectivity index (χ3n) is 1.89. The van der Waals surface area contributed by atoms with E-state index in [9.17, 15) is 22.8 Å². The Hall–Kier alpha value is -2.24. The van der Waals surface area contributed by atoms with Gasteiger partial charge in [0.15, 0.2) is 0 Å². The van der Waals surface area contributed by atoms with Crippen molar-refractivity contribution in [2.75, 3.05) is 5.75 Å². The summed E-state index contributed by atoms with van der Waals surface area (Å²) in [6, 6.07) is 0. The Balaban J connectivity index is 0. The molecular formula is C12H20N2O8S. The molecule has 0 bridgehead atoms. The highest BCUT2D eigenvalue weighted by molar-refractivity contribution is 7.85. The average molecular weight is 352 g/mol. The van der Waals surface area contributed by atoms with Gasteiger partial charge in [0.2, 0.25) is 18.0 Å². The molecular weight excluding hydrogens is 332 g/mol. The van der Waals surface area contributed by atoms with Crippen LogP contribution in [0.5, 0.6) is 0 Å². The molecule has 10 nitrogen and oxygen atoms in total. The Bertz CT molecular complexity index is 568. The molecule has 0 aromatic rings. The zero-order valence-electron chi connectivity index (χ0n) is 12.6. The number of aliphatic carboxylic acids is 1. The van der Waals surface area contributed by atoms with Crippen LogP contribution in [-0.4, -0.2) is 58.5 Å². The van der Waals surface area contributed by atoms with Crippen LogP contribution in [0.1, 0.15) is 13.8 Å². The number of hydrogen-bond donors (Lipinski definition) is 5. The van der Waals surface area contributed by atoms with E-state index in [-0.39, 0.29) is 0 Å². The van der Waals surface area contributed by atoms with E-state index in [4.69, 9.17) is 14.8 Å². The summed E-state index contributed by atoms with van der Waals surface area (Å²) in [6.45, 7) is 9.25. The summed E-state index contributed by atoms with van der Waals surface area (Å²) in [7, 11) is -4.08. The van der Waals surface area contributed by atoms with Crippen molar-refractivity contribution in [1.82, 2.24) is 10.6 Å². The first-order valence-electron chi connectivity index (χ1n) is 5.97. The first-order valence-corrected chi connectivity index (χ1v) is 7.58. The van der Waals surface area contributed by atoms with Crippen LogP contribution in [0.15, 0.2) is 25.3 Å². The molecule has 0 radical (unpaired) electrons. The zero-order valence-corrected chi connectivity index (χ0v) is 13.5. The topological polar surface area (TPSA) is 170 Å². The number of hydrogen-bond acceptors (Lipinski definition) is 6.